The highest BCUT2D eigenvalue weighted by atomic mass is 79.9. The number of ketones is 1. The summed E-state index contributed by atoms with van der Waals surface area (Å²) in [4.78, 5) is 16.8. The number of ether oxygens (including phenoxy) is 1. The molecule has 5 rings (SSSR count). The number of carbonyl (C=O) groups is 1. The van der Waals surface area contributed by atoms with Crippen LogP contribution in [-0.4, -0.2) is 22.4 Å². The number of nitrogens with zero attached hydrogens (tertiary/aromatic N) is 2. The highest BCUT2D eigenvalue weighted by Gasteiger charge is 2.14. The lowest BCUT2D eigenvalue weighted by Crippen LogP contribution is -2.02. The first kappa shape index (κ1) is 25.0. The summed E-state index contributed by atoms with van der Waals surface area (Å²) in [5.74, 6) is -0.186. The lowest BCUT2D eigenvalue weighted by molar-refractivity contribution is 0.103. The van der Waals surface area contributed by atoms with Gasteiger partial charge in [0.25, 0.3) is 0 Å². The van der Waals surface area contributed by atoms with Gasteiger partial charge in [0.1, 0.15) is 29.4 Å². The van der Waals surface area contributed by atoms with Crippen LogP contribution < -0.4 is 4.74 Å². The normalized spacial score (nSPS) is 10.3. The molecule has 0 amide bonds. The molecular weight excluding hydrogens is 526 g/mol. The Bertz CT molecular complexity index is 1460. The van der Waals surface area contributed by atoms with E-state index in [4.69, 9.17) is 4.74 Å². The summed E-state index contributed by atoms with van der Waals surface area (Å²) in [7, 11) is 1.64. The molecule has 0 N–H and O–H groups in total. The molecule has 0 bridgehead atoms. The van der Waals surface area contributed by atoms with Crippen LogP contribution in [0.25, 0.3) is 16.8 Å². The third-order valence-corrected chi connectivity index (χ3v) is 5.80. The highest BCUT2D eigenvalue weighted by Crippen LogP contribution is 2.30. The van der Waals surface area contributed by atoms with Crippen LogP contribution in [0, 0.1) is 11.6 Å². The van der Waals surface area contributed by atoms with E-state index in [1.54, 1.807) is 42.4 Å². The maximum atomic E-state index is 13.4. The van der Waals surface area contributed by atoms with Crippen LogP contribution >= 0.6 is 15.9 Å². The van der Waals surface area contributed by atoms with E-state index in [1.807, 2.05) is 48.5 Å². The van der Waals surface area contributed by atoms with Crippen LogP contribution in [0.2, 0.25) is 0 Å². The lowest BCUT2D eigenvalue weighted by Gasteiger charge is -2.10. The average molecular weight is 547 g/mol. The number of rotatable bonds is 5. The summed E-state index contributed by atoms with van der Waals surface area (Å²) in [6.45, 7) is 0. The van der Waals surface area contributed by atoms with Gasteiger partial charge in [-0.25, -0.2) is 13.8 Å². The number of methoxy groups -OCH3 is 1. The maximum absolute atomic E-state index is 13.4. The highest BCUT2D eigenvalue weighted by molar-refractivity contribution is 9.10. The van der Waals surface area contributed by atoms with Crippen molar-refractivity contribution in [1.29, 1.82) is 0 Å². The van der Waals surface area contributed by atoms with Crippen molar-refractivity contribution in [2.75, 3.05) is 7.11 Å². The monoisotopic (exact) mass is 546 g/mol. The zero-order valence-electron chi connectivity index (χ0n) is 19.2. The van der Waals surface area contributed by atoms with E-state index < -0.39 is 5.82 Å². The fraction of sp³-hybridized carbons (Fsp3) is 0.0345. The quantitative estimate of drug-likeness (QED) is 0.214. The lowest BCUT2D eigenvalue weighted by atomic mass is 10.0. The van der Waals surface area contributed by atoms with Crippen molar-refractivity contribution >= 4 is 21.7 Å². The van der Waals surface area contributed by atoms with Crippen molar-refractivity contribution in [1.82, 2.24) is 9.55 Å². The molecule has 0 aliphatic carbocycles. The number of aromatic nitrogens is 2. The molecule has 4 aromatic carbocycles. The summed E-state index contributed by atoms with van der Waals surface area (Å²) in [6, 6.07) is 27.4. The number of halogens is 3. The minimum Gasteiger partial charge on any atom is -0.496 e. The van der Waals surface area contributed by atoms with Crippen molar-refractivity contribution in [3.63, 3.8) is 0 Å². The van der Waals surface area contributed by atoms with Gasteiger partial charge in [-0.2, -0.15) is 0 Å². The predicted molar refractivity (Wildman–Crippen MR) is 139 cm³/mol. The zero-order valence-corrected chi connectivity index (χ0v) is 20.8. The van der Waals surface area contributed by atoms with Crippen LogP contribution in [0.15, 0.2) is 114 Å². The number of carbonyl (C=O) groups excluding carboxylic acids is 1. The second-order valence-corrected chi connectivity index (χ2v) is 8.61. The van der Waals surface area contributed by atoms with E-state index in [9.17, 15) is 13.6 Å². The molecule has 0 saturated heterocycles. The van der Waals surface area contributed by atoms with Crippen molar-refractivity contribution in [2.45, 2.75) is 0 Å². The zero-order chi connectivity index (χ0) is 25.5. The molecule has 5 aromatic rings. The first-order chi connectivity index (χ1) is 17.4. The number of para-hydroxylation sites is 1. The Morgan fingerprint density at radius 3 is 2.33 bits per heavy atom. The van der Waals surface area contributed by atoms with Gasteiger partial charge in [0.15, 0.2) is 0 Å². The fourth-order valence-corrected chi connectivity index (χ4v) is 3.77. The molecule has 0 fully saturated rings. The van der Waals surface area contributed by atoms with Crippen molar-refractivity contribution in [3.05, 3.63) is 137 Å². The molecular formula is C29H21BrF2N2O2. The average Bonchev–Trinajstić information content (AvgIpc) is 3.41. The van der Waals surface area contributed by atoms with Gasteiger partial charge in [-0.1, -0.05) is 58.4 Å². The minimum atomic E-state index is -0.449. The summed E-state index contributed by atoms with van der Waals surface area (Å²) in [5, 5.41) is 0. The van der Waals surface area contributed by atoms with Crippen molar-refractivity contribution < 1.29 is 18.3 Å². The summed E-state index contributed by atoms with van der Waals surface area (Å²) < 4.78 is 33.6. The smallest absolute Gasteiger partial charge is 0.213 e. The molecule has 0 saturated carbocycles. The molecule has 36 heavy (non-hydrogen) atoms. The predicted octanol–water partition coefficient (Wildman–Crippen LogP) is 7.51. The van der Waals surface area contributed by atoms with Gasteiger partial charge in [0, 0.05) is 27.5 Å². The van der Waals surface area contributed by atoms with Gasteiger partial charge in [0.2, 0.25) is 5.78 Å². The van der Waals surface area contributed by atoms with Gasteiger partial charge < -0.3 is 9.30 Å². The first-order valence-corrected chi connectivity index (χ1v) is 11.7. The topological polar surface area (TPSA) is 44.1 Å². The molecule has 0 aliphatic heterocycles. The molecule has 7 heteroatoms. The van der Waals surface area contributed by atoms with E-state index in [0.29, 0.717) is 0 Å². The van der Waals surface area contributed by atoms with Gasteiger partial charge in [-0.05, 0) is 60.2 Å². The van der Waals surface area contributed by atoms with Crippen LogP contribution in [0.4, 0.5) is 8.78 Å². The summed E-state index contributed by atoms with van der Waals surface area (Å²) >= 11 is 3.18. The molecule has 0 spiro atoms. The Morgan fingerprint density at radius 1 is 0.861 bits per heavy atom. The van der Waals surface area contributed by atoms with Crippen molar-refractivity contribution in [2.24, 2.45) is 0 Å². The molecule has 180 valence electrons. The first-order valence-electron chi connectivity index (χ1n) is 10.9. The van der Waals surface area contributed by atoms with E-state index in [0.717, 1.165) is 27.0 Å². The Balaban J connectivity index is 0.000000325. The fourth-order valence-electron chi connectivity index (χ4n) is 3.51. The second-order valence-electron chi connectivity index (χ2n) is 7.69. The Hall–Kier alpha value is -4.10. The number of hydrogen-bond donors (Lipinski definition) is 0. The second kappa shape index (κ2) is 11.6. The number of imidazole rings is 1. The van der Waals surface area contributed by atoms with E-state index in [-0.39, 0.29) is 22.9 Å². The maximum Gasteiger partial charge on any atom is 0.213 e. The molecule has 1 aromatic heterocycles. The minimum absolute atomic E-state index is 0.201. The molecule has 0 unspecified atom stereocenters. The third kappa shape index (κ3) is 6.12. The van der Waals surface area contributed by atoms with E-state index in [1.165, 1.54) is 30.3 Å². The van der Waals surface area contributed by atoms with E-state index in [2.05, 4.69) is 20.9 Å². The van der Waals surface area contributed by atoms with Gasteiger partial charge in [0.05, 0.1) is 7.11 Å². The van der Waals surface area contributed by atoms with Gasteiger partial charge in [-0.3, -0.25) is 4.79 Å². The molecule has 0 radical (unpaired) electrons. The van der Waals surface area contributed by atoms with Crippen molar-refractivity contribution in [3.8, 4) is 22.6 Å². The molecule has 0 aliphatic rings. The molecule has 4 nitrogen and oxygen atoms in total. The Labute approximate surface area is 216 Å². The van der Waals surface area contributed by atoms with Crippen LogP contribution in [0.1, 0.15) is 16.1 Å². The molecule has 0 atom stereocenters. The Morgan fingerprint density at radius 2 is 1.61 bits per heavy atom. The SMILES string of the molecule is COc1ccccc1-c1cccc(-n2cnc(C(=O)c3cccc(F)c3)c2)c1.Fc1ccc(Br)cc1. The van der Waals surface area contributed by atoms with Gasteiger partial charge in [-0.15, -0.1) is 0 Å². The molecule has 1 heterocycles. The number of benzene rings is 4. The summed E-state index contributed by atoms with van der Waals surface area (Å²) in [6.07, 6.45) is 3.22. The van der Waals surface area contributed by atoms with Crippen LogP contribution in [0.5, 0.6) is 5.75 Å². The summed E-state index contributed by atoms with van der Waals surface area (Å²) in [5.41, 5.74) is 3.35. The largest absolute Gasteiger partial charge is 0.496 e. The van der Waals surface area contributed by atoms with Gasteiger partial charge >= 0.3 is 0 Å². The van der Waals surface area contributed by atoms with Crippen LogP contribution in [-0.2, 0) is 0 Å². The number of hydrogen-bond acceptors (Lipinski definition) is 3. The standard InChI is InChI=1S/C23H17FN2O2.C6H4BrF/c1-28-22-11-3-2-10-20(22)16-6-5-9-19(13-16)26-14-21(25-15-26)23(27)17-7-4-8-18(24)12-17;7-5-1-3-6(8)4-2-5/h2-15H,1H3;1-4H. The Kier molecular flexibility index (Phi) is 8.02. The third-order valence-electron chi connectivity index (χ3n) is 5.27. The van der Waals surface area contributed by atoms with E-state index >= 15 is 0 Å². The van der Waals surface area contributed by atoms with Crippen LogP contribution in [0.3, 0.4) is 0 Å².